The molecule has 0 saturated heterocycles. The summed E-state index contributed by atoms with van der Waals surface area (Å²) >= 11 is 6.29. The summed E-state index contributed by atoms with van der Waals surface area (Å²) in [6.07, 6.45) is 1.81. The third kappa shape index (κ3) is 2.85. The highest BCUT2D eigenvalue weighted by atomic mass is 35.5. The van der Waals surface area contributed by atoms with Crippen LogP contribution < -0.4 is 0 Å². The van der Waals surface area contributed by atoms with Crippen molar-refractivity contribution < 1.29 is 8.78 Å². The maximum atomic E-state index is 13.8. The lowest BCUT2D eigenvalue weighted by atomic mass is 9.96. The number of rotatable bonds is 4. The maximum Gasteiger partial charge on any atom is 0.131 e. The Labute approximate surface area is 123 Å². The maximum absolute atomic E-state index is 13.8. The Hall–Kier alpha value is -1.41. The van der Waals surface area contributed by atoms with Crippen molar-refractivity contribution in [1.82, 2.24) is 0 Å². The monoisotopic (exact) mass is 294 g/mol. The highest BCUT2D eigenvalue weighted by molar-refractivity contribution is 6.22. The molecule has 0 aliphatic rings. The molecule has 0 radical (unpaired) electrons. The summed E-state index contributed by atoms with van der Waals surface area (Å²) in [7, 11) is 0. The van der Waals surface area contributed by atoms with Gasteiger partial charge in [-0.3, -0.25) is 0 Å². The molecule has 0 spiro atoms. The van der Waals surface area contributed by atoms with Gasteiger partial charge in [0, 0.05) is 5.56 Å². The molecule has 0 aromatic heterocycles. The molecule has 0 heterocycles. The van der Waals surface area contributed by atoms with Crippen molar-refractivity contribution in [2.75, 3.05) is 0 Å². The molecule has 1 unspecified atom stereocenters. The first kappa shape index (κ1) is 15.0. The Morgan fingerprint density at radius 2 is 1.55 bits per heavy atom. The van der Waals surface area contributed by atoms with E-state index < -0.39 is 17.0 Å². The van der Waals surface area contributed by atoms with Crippen molar-refractivity contribution in [2.24, 2.45) is 0 Å². The zero-order chi connectivity index (χ0) is 14.7. The summed E-state index contributed by atoms with van der Waals surface area (Å²) in [6, 6.07) is 9.59. The summed E-state index contributed by atoms with van der Waals surface area (Å²) in [5.74, 6) is -1.22. The predicted octanol–water partition coefficient (Wildman–Crippen LogP) is 5.42. The van der Waals surface area contributed by atoms with Crippen molar-refractivity contribution in [1.29, 1.82) is 0 Å². The zero-order valence-corrected chi connectivity index (χ0v) is 12.3. The van der Waals surface area contributed by atoms with Crippen LogP contribution in [-0.2, 0) is 12.8 Å². The normalized spacial score (nSPS) is 12.4. The van der Waals surface area contributed by atoms with Gasteiger partial charge in [-0.25, -0.2) is 8.78 Å². The van der Waals surface area contributed by atoms with Gasteiger partial charge in [-0.2, -0.15) is 0 Å². The number of alkyl halides is 1. The molecule has 2 rings (SSSR count). The average molecular weight is 295 g/mol. The molecule has 20 heavy (non-hydrogen) atoms. The van der Waals surface area contributed by atoms with E-state index in [1.807, 2.05) is 18.2 Å². The minimum atomic E-state index is -0.813. The molecule has 2 aromatic rings. The molecule has 1 atom stereocenters. The molecule has 106 valence electrons. The second kappa shape index (κ2) is 6.36. The van der Waals surface area contributed by atoms with E-state index >= 15 is 0 Å². The summed E-state index contributed by atoms with van der Waals surface area (Å²) in [6.45, 7) is 4.15. The fourth-order valence-electron chi connectivity index (χ4n) is 2.40. The van der Waals surface area contributed by atoms with Gasteiger partial charge in [-0.15, -0.1) is 11.6 Å². The molecule has 0 bridgehead atoms. The highest BCUT2D eigenvalue weighted by Crippen LogP contribution is 2.33. The highest BCUT2D eigenvalue weighted by Gasteiger charge is 2.20. The molecule has 0 saturated carbocycles. The van der Waals surface area contributed by atoms with Gasteiger partial charge >= 0.3 is 0 Å². The molecular formula is C17H17ClF2. The van der Waals surface area contributed by atoms with Gasteiger partial charge in [0.25, 0.3) is 0 Å². The molecule has 0 N–H and O–H groups in total. The van der Waals surface area contributed by atoms with Crippen LogP contribution in [0.1, 0.15) is 41.5 Å². The second-order valence-corrected chi connectivity index (χ2v) is 5.17. The summed E-state index contributed by atoms with van der Waals surface area (Å²) in [5, 5.41) is -0.813. The van der Waals surface area contributed by atoms with Crippen LogP contribution in [0.15, 0.2) is 36.4 Å². The quantitative estimate of drug-likeness (QED) is 0.661. The Bertz CT molecular complexity index is 588. The first-order chi connectivity index (χ1) is 9.58. The minimum absolute atomic E-state index is 0.0829. The number of benzene rings is 2. The molecule has 0 amide bonds. The van der Waals surface area contributed by atoms with E-state index in [4.69, 9.17) is 11.6 Å². The first-order valence-corrected chi connectivity index (χ1v) is 7.21. The van der Waals surface area contributed by atoms with E-state index in [1.165, 1.54) is 29.3 Å². The van der Waals surface area contributed by atoms with Crippen LogP contribution in [0.25, 0.3) is 0 Å². The molecular weight excluding hydrogens is 278 g/mol. The SMILES string of the molecule is CCc1ccc(C(Cl)c2c(F)cccc2F)cc1CC. The Morgan fingerprint density at radius 1 is 0.950 bits per heavy atom. The number of halogens is 3. The third-order valence-corrected chi connectivity index (χ3v) is 4.01. The van der Waals surface area contributed by atoms with Crippen molar-refractivity contribution in [3.8, 4) is 0 Å². The first-order valence-electron chi connectivity index (χ1n) is 6.78. The zero-order valence-electron chi connectivity index (χ0n) is 11.6. The van der Waals surface area contributed by atoms with Crippen LogP contribution >= 0.6 is 11.6 Å². The van der Waals surface area contributed by atoms with E-state index in [1.54, 1.807) is 0 Å². The summed E-state index contributed by atoms with van der Waals surface area (Å²) in [5.41, 5.74) is 3.06. The van der Waals surface area contributed by atoms with Crippen LogP contribution in [0.3, 0.4) is 0 Å². The predicted molar refractivity (Wildman–Crippen MR) is 79.3 cm³/mol. The Balaban J connectivity index is 2.46. The van der Waals surface area contributed by atoms with Crippen LogP contribution in [0, 0.1) is 11.6 Å². The number of aryl methyl sites for hydroxylation is 2. The largest absolute Gasteiger partial charge is 0.207 e. The Kier molecular flexibility index (Phi) is 4.77. The van der Waals surface area contributed by atoms with Gasteiger partial charge in [0.1, 0.15) is 11.6 Å². The lowest BCUT2D eigenvalue weighted by Crippen LogP contribution is -2.02. The standard InChI is InChI=1S/C17H17ClF2/c1-3-11-8-9-13(10-12(11)4-2)17(18)16-14(19)6-5-7-15(16)20/h5-10,17H,3-4H2,1-2H3. The Morgan fingerprint density at radius 3 is 2.10 bits per heavy atom. The molecule has 0 nitrogen and oxygen atoms in total. The summed E-state index contributed by atoms with van der Waals surface area (Å²) < 4.78 is 27.6. The van der Waals surface area contributed by atoms with Crippen LogP contribution in [0.2, 0.25) is 0 Å². The smallest absolute Gasteiger partial charge is 0.131 e. The van der Waals surface area contributed by atoms with E-state index in [-0.39, 0.29) is 5.56 Å². The molecule has 3 heteroatoms. The van der Waals surface area contributed by atoms with E-state index in [0.29, 0.717) is 0 Å². The minimum Gasteiger partial charge on any atom is -0.207 e. The van der Waals surface area contributed by atoms with Gasteiger partial charge in [-0.05, 0) is 41.7 Å². The second-order valence-electron chi connectivity index (χ2n) is 4.73. The van der Waals surface area contributed by atoms with Crippen molar-refractivity contribution in [2.45, 2.75) is 32.1 Å². The topological polar surface area (TPSA) is 0 Å². The van der Waals surface area contributed by atoms with Crippen molar-refractivity contribution >= 4 is 11.6 Å². The van der Waals surface area contributed by atoms with Gasteiger partial charge in [0.15, 0.2) is 0 Å². The molecule has 0 aliphatic carbocycles. The summed E-state index contributed by atoms with van der Waals surface area (Å²) in [4.78, 5) is 0. The van der Waals surface area contributed by atoms with Gasteiger partial charge in [0.2, 0.25) is 0 Å². The lowest BCUT2D eigenvalue weighted by molar-refractivity contribution is 0.559. The van der Waals surface area contributed by atoms with Gasteiger partial charge in [0.05, 0.1) is 5.38 Å². The average Bonchev–Trinajstić information content (AvgIpc) is 2.46. The molecule has 0 fully saturated rings. The number of hydrogen-bond acceptors (Lipinski definition) is 0. The van der Waals surface area contributed by atoms with E-state index in [9.17, 15) is 8.78 Å². The molecule has 2 aromatic carbocycles. The van der Waals surface area contributed by atoms with Crippen LogP contribution in [0.4, 0.5) is 8.78 Å². The van der Waals surface area contributed by atoms with Crippen molar-refractivity contribution in [3.05, 3.63) is 70.3 Å². The van der Waals surface area contributed by atoms with Crippen LogP contribution in [-0.4, -0.2) is 0 Å². The van der Waals surface area contributed by atoms with E-state index in [0.717, 1.165) is 18.4 Å². The fraction of sp³-hybridized carbons (Fsp3) is 0.294. The third-order valence-electron chi connectivity index (χ3n) is 3.54. The van der Waals surface area contributed by atoms with Gasteiger partial charge < -0.3 is 0 Å². The van der Waals surface area contributed by atoms with Gasteiger partial charge in [-0.1, -0.05) is 38.1 Å². The molecule has 0 aliphatic heterocycles. The number of hydrogen-bond donors (Lipinski definition) is 0. The van der Waals surface area contributed by atoms with Crippen LogP contribution in [0.5, 0.6) is 0 Å². The van der Waals surface area contributed by atoms with E-state index in [2.05, 4.69) is 13.8 Å². The fourth-order valence-corrected chi connectivity index (χ4v) is 2.74. The lowest BCUT2D eigenvalue weighted by Gasteiger charge is -2.15. The van der Waals surface area contributed by atoms with Crippen molar-refractivity contribution in [3.63, 3.8) is 0 Å².